The molecule has 2 amide bonds. The van der Waals surface area contributed by atoms with Crippen LogP contribution in [0.1, 0.15) is 26.7 Å². The van der Waals surface area contributed by atoms with Crippen molar-refractivity contribution >= 4 is 21.7 Å². The number of hydrogen-bond donors (Lipinski definition) is 1. The maximum absolute atomic E-state index is 12.3. The van der Waals surface area contributed by atoms with E-state index in [1.165, 1.54) is 4.90 Å². The predicted molar refractivity (Wildman–Crippen MR) is 65.6 cm³/mol. The lowest BCUT2D eigenvalue weighted by atomic mass is 9.93. The van der Waals surface area contributed by atoms with Crippen LogP contribution in [0.15, 0.2) is 0 Å². The number of hydrogen-bond acceptors (Lipinski definition) is 4. The molecule has 2 rings (SSSR count). The van der Waals surface area contributed by atoms with Crippen molar-refractivity contribution < 1.29 is 18.0 Å². The zero-order chi connectivity index (χ0) is 13.6. The molecule has 102 valence electrons. The van der Waals surface area contributed by atoms with Crippen LogP contribution in [-0.2, 0) is 19.4 Å². The molecule has 2 aliphatic rings. The summed E-state index contributed by atoms with van der Waals surface area (Å²) < 4.78 is 22.9. The predicted octanol–water partition coefficient (Wildman–Crippen LogP) is -0.699. The van der Waals surface area contributed by atoms with E-state index in [-0.39, 0.29) is 35.9 Å². The lowest BCUT2D eigenvalue weighted by molar-refractivity contribution is -0.151. The normalized spacial score (nSPS) is 35.7. The van der Waals surface area contributed by atoms with Gasteiger partial charge in [-0.2, -0.15) is 0 Å². The number of carbonyl (C=O) groups excluding carboxylic acids is 2. The van der Waals surface area contributed by atoms with Crippen molar-refractivity contribution in [2.45, 2.75) is 38.3 Å². The summed E-state index contributed by atoms with van der Waals surface area (Å²) in [5.74, 6) is -0.312. The Balaban J connectivity index is 2.23. The molecule has 0 aromatic heterocycles. The maximum Gasteiger partial charge on any atom is 0.248 e. The van der Waals surface area contributed by atoms with Gasteiger partial charge in [0.25, 0.3) is 0 Å². The first-order chi connectivity index (χ1) is 8.27. The van der Waals surface area contributed by atoms with E-state index in [0.29, 0.717) is 12.8 Å². The molecule has 0 aromatic carbocycles. The number of nitrogens with one attached hydrogen (secondary N) is 1. The van der Waals surface area contributed by atoms with E-state index in [4.69, 9.17) is 0 Å². The molecule has 0 aromatic rings. The molecule has 2 aliphatic heterocycles. The largest absolute Gasteiger partial charge is 0.340 e. The Hall–Kier alpha value is -1.11. The van der Waals surface area contributed by atoms with Gasteiger partial charge in [0, 0.05) is 6.04 Å². The molecule has 0 spiro atoms. The van der Waals surface area contributed by atoms with Crippen LogP contribution in [0.2, 0.25) is 0 Å². The number of sulfone groups is 1. The molecule has 0 aliphatic carbocycles. The quantitative estimate of drug-likeness (QED) is 0.722. The molecule has 18 heavy (non-hydrogen) atoms. The van der Waals surface area contributed by atoms with Gasteiger partial charge in [-0.05, 0) is 19.8 Å². The average Bonchev–Trinajstić information content (AvgIpc) is 2.64. The molecular weight excluding hydrogens is 256 g/mol. The molecule has 2 fully saturated rings. The van der Waals surface area contributed by atoms with Gasteiger partial charge >= 0.3 is 0 Å². The van der Waals surface area contributed by atoms with E-state index < -0.39 is 15.4 Å². The maximum atomic E-state index is 12.3. The van der Waals surface area contributed by atoms with Gasteiger partial charge in [-0.25, -0.2) is 8.42 Å². The molecule has 0 saturated carbocycles. The summed E-state index contributed by atoms with van der Waals surface area (Å²) in [6.45, 7) is 3.48. The first kappa shape index (κ1) is 13.3. The number of carbonyl (C=O) groups is 2. The number of amides is 2. The van der Waals surface area contributed by atoms with Crippen LogP contribution in [0.4, 0.5) is 0 Å². The first-order valence-corrected chi connectivity index (χ1v) is 7.92. The van der Waals surface area contributed by atoms with Gasteiger partial charge in [-0.1, -0.05) is 6.92 Å². The van der Waals surface area contributed by atoms with Gasteiger partial charge in [0.1, 0.15) is 5.54 Å². The van der Waals surface area contributed by atoms with Crippen LogP contribution in [-0.4, -0.2) is 54.8 Å². The van der Waals surface area contributed by atoms with Crippen LogP contribution >= 0.6 is 0 Å². The van der Waals surface area contributed by atoms with Gasteiger partial charge in [-0.15, -0.1) is 0 Å². The van der Waals surface area contributed by atoms with Gasteiger partial charge in [0.15, 0.2) is 9.84 Å². The highest BCUT2D eigenvalue weighted by molar-refractivity contribution is 7.91. The smallest absolute Gasteiger partial charge is 0.248 e. The molecule has 2 saturated heterocycles. The van der Waals surface area contributed by atoms with Crippen molar-refractivity contribution in [1.82, 2.24) is 10.2 Å². The second-order valence-corrected chi connectivity index (χ2v) is 7.45. The highest BCUT2D eigenvalue weighted by Crippen LogP contribution is 2.24. The van der Waals surface area contributed by atoms with Gasteiger partial charge in [0.05, 0.1) is 18.1 Å². The summed E-state index contributed by atoms with van der Waals surface area (Å²) in [4.78, 5) is 25.4. The van der Waals surface area contributed by atoms with Crippen molar-refractivity contribution in [2.75, 3.05) is 18.1 Å². The average molecular weight is 274 g/mol. The Morgan fingerprint density at radius 3 is 2.61 bits per heavy atom. The summed E-state index contributed by atoms with van der Waals surface area (Å²) >= 11 is 0. The second kappa shape index (κ2) is 4.22. The third-order valence-corrected chi connectivity index (χ3v) is 5.57. The monoisotopic (exact) mass is 274 g/mol. The summed E-state index contributed by atoms with van der Waals surface area (Å²) in [6.07, 6.45) is 0.925. The SMILES string of the molecule is CCC1(C)NC(=O)CN(C2CCS(=O)(=O)C2)C1=O. The van der Waals surface area contributed by atoms with Crippen molar-refractivity contribution in [2.24, 2.45) is 0 Å². The third-order valence-electron chi connectivity index (χ3n) is 3.82. The highest BCUT2D eigenvalue weighted by atomic mass is 32.2. The highest BCUT2D eigenvalue weighted by Gasteiger charge is 2.46. The number of piperazine rings is 1. The van der Waals surface area contributed by atoms with E-state index in [9.17, 15) is 18.0 Å². The van der Waals surface area contributed by atoms with E-state index in [2.05, 4.69) is 5.32 Å². The van der Waals surface area contributed by atoms with E-state index >= 15 is 0 Å². The fourth-order valence-corrected chi connectivity index (χ4v) is 4.23. The minimum absolute atomic E-state index is 0.0220. The van der Waals surface area contributed by atoms with Gasteiger partial charge in [-0.3, -0.25) is 9.59 Å². The van der Waals surface area contributed by atoms with Gasteiger partial charge < -0.3 is 10.2 Å². The van der Waals surface area contributed by atoms with Crippen molar-refractivity contribution in [3.8, 4) is 0 Å². The first-order valence-electron chi connectivity index (χ1n) is 6.10. The zero-order valence-electron chi connectivity index (χ0n) is 10.6. The number of nitrogens with zero attached hydrogens (tertiary/aromatic N) is 1. The lowest BCUT2D eigenvalue weighted by Crippen LogP contribution is -2.67. The van der Waals surface area contributed by atoms with E-state index in [0.717, 1.165) is 0 Å². The summed E-state index contributed by atoms with van der Waals surface area (Å²) in [6, 6.07) is -0.348. The lowest BCUT2D eigenvalue weighted by Gasteiger charge is -2.41. The molecule has 0 radical (unpaired) electrons. The Kier molecular flexibility index (Phi) is 3.12. The third kappa shape index (κ3) is 2.23. The topological polar surface area (TPSA) is 83.6 Å². The standard InChI is InChI=1S/C11H18N2O4S/c1-3-11(2)10(15)13(6-9(14)12-11)8-4-5-18(16,17)7-8/h8H,3-7H2,1-2H3,(H,12,14). The Labute approximate surface area is 107 Å². The van der Waals surface area contributed by atoms with E-state index in [1.807, 2.05) is 6.92 Å². The minimum atomic E-state index is -3.06. The second-order valence-electron chi connectivity index (χ2n) is 5.22. The van der Waals surface area contributed by atoms with E-state index in [1.54, 1.807) is 6.92 Å². The molecule has 6 nitrogen and oxygen atoms in total. The molecule has 0 bridgehead atoms. The van der Waals surface area contributed by atoms with Crippen LogP contribution in [0.3, 0.4) is 0 Å². The fourth-order valence-electron chi connectivity index (χ4n) is 2.50. The van der Waals surface area contributed by atoms with Crippen LogP contribution in [0.25, 0.3) is 0 Å². The fraction of sp³-hybridized carbons (Fsp3) is 0.818. The molecule has 2 unspecified atom stereocenters. The van der Waals surface area contributed by atoms with Crippen LogP contribution in [0, 0.1) is 0 Å². The summed E-state index contributed by atoms with van der Waals surface area (Å²) in [7, 11) is -3.06. The van der Waals surface area contributed by atoms with Crippen LogP contribution in [0.5, 0.6) is 0 Å². The van der Waals surface area contributed by atoms with Crippen molar-refractivity contribution in [3.63, 3.8) is 0 Å². The summed E-state index contributed by atoms with van der Waals surface area (Å²) in [5, 5.41) is 2.69. The number of rotatable bonds is 2. The van der Waals surface area contributed by atoms with Gasteiger partial charge in [0.2, 0.25) is 11.8 Å². The molecule has 1 N–H and O–H groups in total. The zero-order valence-corrected chi connectivity index (χ0v) is 11.4. The molecule has 7 heteroatoms. The minimum Gasteiger partial charge on any atom is -0.340 e. The Bertz CT molecular complexity index is 487. The summed E-state index contributed by atoms with van der Waals surface area (Å²) in [5.41, 5.74) is -0.901. The van der Waals surface area contributed by atoms with Crippen molar-refractivity contribution in [3.05, 3.63) is 0 Å². The van der Waals surface area contributed by atoms with Crippen LogP contribution < -0.4 is 5.32 Å². The molecule has 2 atom stereocenters. The molecular formula is C11H18N2O4S. The van der Waals surface area contributed by atoms with Crippen molar-refractivity contribution in [1.29, 1.82) is 0 Å². The molecule has 2 heterocycles. The Morgan fingerprint density at radius 2 is 2.11 bits per heavy atom. The Morgan fingerprint density at radius 1 is 1.44 bits per heavy atom.